The molecule has 0 fully saturated rings. The maximum atomic E-state index is 12.7. The van der Waals surface area contributed by atoms with Gasteiger partial charge in [0.05, 0.1) is 4.90 Å². The summed E-state index contributed by atoms with van der Waals surface area (Å²) in [5.41, 5.74) is 1.47. The first-order chi connectivity index (χ1) is 13.5. The third-order valence-corrected chi connectivity index (χ3v) is 5.82. The van der Waals surface area contributed by atoms with Gasteiger partial charge in [-0.3, -0.25) is 0 Å². The van der Waals surface area contributed by atoms with Crippen molar-refractivity contribution in [2.75, 3.05) is 0 Å². The lowest BCUT2D eigenvalue weighted by Crippen LogP contribution is -2.03. The highest BCUT2D eigenvalue weighted by Crippen LogP contribution is 2.23. The lowest BCUT2D eigenvalue weighted by Gasteiger charge is -2.08. The van der Waals surface area contributed by atoms with Gasteiger partial charge in [0.1, 0.15) is 23.3 Å². The highest BCUT2D eigenvalue weighted by Gasteiger charge is 2.20. The Balaban J connectivity index is 1.83. The molecule has 3 aromatic carbocycles. The van der Waals surface area contributed by atoms with E-state index < -0.39 is 9.84 Å². The fraction of sp³-hybridized carbons (Fsp3) is 0.0455. The van der Waals surface area contributed by atoms with E-state index in [2.05, 4.69) is 0 Å². The molecule has 4 nitrogen and oxygen atoms in total. The zero-order chi connectivity index (χ0) is 20.0. The van der Waals surface area contributed by atoms with Crippen LogP contribution in [0, 0.1) is 11.3 Å². The highest BCUT2D eigenvalue weighted by atomic mass is 35.5. The first-order valence-electron chi connectivity index (χ1n) is 8.38. The zero-order valence-electron chi connectivity index (χ0n) is 14.7. The molecule has 28 heavy (non-hydrogen) atoms. The number of allylic oxidation sites excluding steroid dienone is 1. The Bertz CT molecular complexity index is 1150. The lowest BCUT2D eigenvalue weighted by molar-refractivity contribution is 0.306. The number of hydrogen-bond acceptors (Lipinski definition) is 4. The third-order valence-electron chi connectivity index (χ3n) is 3.90. The predicted octanol–water partition coefficient (Wildman–Crippen LogP) is 5.26. The number of hydrogen-bond donors (Lipinski definition) is 0. The molecule has 0 N–H and O–H groups in total. The van der Waals surface area contributed by atoms with E-state index in [9.17, 15) is 13.7 Å². The Morgan fingerprint density at radius 1 is 1.00 bits per heavy atom. The average molecular weight is 410 g/mol. The van der Waals surface area contributed by atoms with Crippen LogP contribution in [0.5, 0.6) is 5.75 Å². The van der Waals surface area contributed by atoms with E-state index in [1.165, 1.54) is 18.2 Å². The topological polar surface area (TPSA) is 67.2 Å². The second kappa shape index (κ2) is 8.75. The molecule has 0 atom stereocenters. The van der Waals surface area contributed by atoms with Gasteiger partial charge in [-0.05, 0) is 53.6 Å². The van der Waals surface area contributed by atoms with E-state index in [4.69, 9.17) is 16.3 Å². The van der Waals surface area contributed by atoms with E-state index in [0.29, 0.717) is 22.9 Å². The number of ether oxygens (including phenoxy) is 1. The minimum absolute atomic E-state index is 0.0798. The van der Waals surface area contributed by atoms with Gasteiger partial charge in [0, 0.05) is 5.02 Å². The summed E-state index contributed by atoms with van der Waals surface area (Å²) in [4.78, 5) is -0.248. The third kappa shape index (κ3) is 4.80. The SMILES string of the molecule is N#CC(=Cc1cccc(OCc2cccc(Cl)c2)c1)S(=O)(=O)c1ccccc1. The van der Waals surface area contributed by atoms with Crippen LogP contribution in [0.1, 0.15) is 11.1 Å². The molecule has 0 spiro atoms. The Morgan fingerprint density at radius 3 is 2.46 bits per heavy atom. The van der Waals surface area contributed by atoms with E-state index in [-0.39, 0.29) is 9.80 Å². The van der Waals surface area contributed by atoms with Gasteiger partial charge in [-0.1, -0.05) is 54.1 Å². The van der Waals surface area contributed by atoms with Crippen molar-refractivity contribution in [2.24, 2.45) is 0 Å². The fourth-order valence-electron chi connectivity index (χ4n) is 2.54. The monoisotopic (exact) mass is 409 g/mol. The Morgan fingerprint density at radius 2 is 1.75 bits per heavy atom. The normalized spacial score (nSPS) is 11.6. The summed E-state index contributed by atoms with van der Waals surface area (Å²) in [5, 5.41) is 10.0. The van der Waals surface area contributed by atoms with E-state index in [0.717, 1.165) is 5.56 Å². The van der Waals surface area contributed by atoms with Crippen LogP contribution in [0.25, 0.3) is 6.08 Å². The van der Waals surface area contributed by atoms with Gasteiger partial charge in [0.15, 0.2) is 0 Å². The van der Waals surface area contributed by atoms with Gasteiger partial charge in [-0.2, -0.15) is 5.26 Å². The minimum atomic E-state index is -3.88. The quantitative estimate of drug-likeness (QED) is 0.521. The zero-order valence-corrected chi connectivity index (χ0v) is 16.3. The second-order valence-corrected chi connectivity index (χ2v) is 8.28. The van der Waals surface area contributed by atoms with Gasteiger partial charge in [-0.25, -0.2) is 8.42 Å². The second-order valence-electron chi connectivity index (χ2n) is 5.93. The summed E-state index contributed by atoms with van der Waals surface area (Å²) >= 11 is 5.97. The van der Waals surface area contributed by atoms with Crippen LogP contribution in [0.2, 0.25) is 5.02 Å². The van der Waals surface area contributed by atoms with E-state index in [1.54, 1.807) is 54.6 Å². The molecule has 0 saturated carbocycles. The summed E-state index contributed by atoms with van der Waals surface area (Å²) in [7, 11) is -3.88. The summed E-state index contributed by atoms with van der Waals surface area (Å²) < 4.78 is 31.1. The number of nitriles is 1. The van der Waals surface area contributed by atoms with Crippen molar-refractivity contribution >= 4 is 27.5 Å². The molecule has 0 aliphatic heterocycles. The molecule has 0 unspecified atom stereocenters. The molecular weight excluding hydrogens is 394 g/mol. The van der Waals surface area contributed by atoms with Crippen LogP contribution in [-0.4, -0.2) is 8.42 Å². The van der Waals surface area contributed by atoms with E-state index in [1.807, 2.05) is 18.2 Å². The van der Waals surface area contributed by atoms with Gasteiger partial charge in [0.25, 0.3) is 0 Å². The summed E-state index contributed by atoms with van der Waals surface area (Å²) in [6.07, 6.45) is 1.34. The molecule has 3 aromatic rings. The van der Waals surface area contributed by atoms with Gasteiger partial charge in [0.2, 0.25) is 9.84 Å². The lowest BCUT2D eigenvalue weighted by atomic mass is 10.2. The molecule has 140 valence electrons. The minimum Gasteiger partial charge on any atom is -0.489 e. The van der Waals surface area contributed by atoms with Crippen molar-refractivity contribution in [3.05, 3.63) is 99.9 Å². The first-order valence-corrected chi connectivity index (χ1v) is 10.2. The van der Waals surface area contributed by atoms with Crippen LogP contribution < -0.4 is 4.74 Å². The maximum Gasteiger partial charge on any atom is 0.216 e. The van der Waals surface area contributed by atoms with Crippen molar-refractivity contribution in [2.45, 2.75) is 11.5 Å². The van der Waals surface area contributed by atoms with Gasteiger partial charge >= 0.3 is 0 Å². The van der Waals surface area contributed by atoms with Crippen molar-refractivity contribution < 1.29 is 13.2 Å². The van der Waals surface area contributed by atoms with Crippen molar-refractivity contribution in [3.63, 3.8) is 0 Å². The summed E-state index contributed by atoms with van der Waals surface area (Å²) in [5.74, 6) is 0.558. The highest BCUT2D eigenvalue weighted by molar-refractivity contribution is 7.95. The smallest absolute Gasteiger partial charge is 0.216 e. The molecule has 3 rings (SSSR count). The fourth-order valence-corrected chi connectivity index (χ4v) is 3.93. The Labute approximate surface area is 169 Å². The van der Waals surface area contributed by atoms with Crippen LogP contribution in [0.15, 0.2) is 88.7 Å². The number of halogens is 1. The Hall–Kier alpha value is -3.07. The van der Waals surface area contributed by atoms with Crippen LogP contribution >= 0.6 is 11.6 Å². The molecule has 0 radical (unpaired) electrons. The largest absolute Gasteiger partial charge is 0.489 e. The van der Waals surface area contributed by atoms with E-state index >= 15 is 0 Å². The number of rotatable bonds is 6. The predicted molar refractivity (Wildman–Crippen MR) is 109 cm³/mol. The molecule has 0 bridgehead atoms. The summed E-state index contributed by atoms with van der Waals surface area (Å²) in [6, 6.07) is 23.9. The number of sulfone groups is 1. The van der Waals surface area contributed by atoms with Crippen LogP contribution in [0.4, 0.5) is 0 Å². The summed E-state index contributed by atoms with van der Waals surface area (Å²) in [6.45, 7) is 0.321. The standard InChI is InChI=1S/C22H16ClNO3S/c23-19-8-4-7-18(12-19)16-27-20-9-5-6-17(13-20)14-22(15-24)28(25,26)21-10-2-1-3-11-21/h1-14H,16H2. The van der Waals surface area contributed by atoms with Crippen molar-refractivity contribution in [1.29, 1.82) is 5.26 Å². The van der Waals surface area contributed by atoms with Crippen LogP contribution in [0.3, 0.4) is 0 Å². The molecule has 0 aliphatic carbocycles. The first kappa shape index (κ1) is 19.7. The Kier molecular flexibility index (Phi) is 6.15. The molecule has 6 heteroatoms. The molecular formula is C22H16ClNO3S. The van der Waals surface area contributed by atoms with Crippen LogP contribution in [-0.2, 0) is 16.4 Å². The molecule has 0 aliphatic rings. The van der Waals surface area contributed by atoms with Gasteiger partial charge < -0.3 is 4.74 Å². The van der Waals surface area contributed by atoms with Crippen molar-refractivity contribution in [3.8, 4) is 11.8 Å². The number of nitrogens with zero attached hydrogens (tertiary/aromatic N) is 1. The molecule has 0 aromatic heterocycles. The average Bonchev–Trinajstić information content (AvgIpc) is 2.71. The van der Waals surface area contributed by atoms with Gasteiger partial charge in [-0.15, -0.1) is 0 Å². The molecule has 0 amide bonds. The van der Waals surface area contributed by atoms with Crippen molar-refractivity contribution in [1.82, 2.24) is 0 Å². The number of benzene rings is 3. The molecule has 0 heterocycles. The maximum absolute atomic E-state index is 12.7. The molecule has 0 saturated heterocycles.